The molecule has 1 aromatic rings. The lowest BCUT2D eigenvalue weighted by Gasteiger charge is -2.43. The number of nitrogen functional groups attached to an aromatic ring is 1. The molecular weight excluding hydrogens is 406 g/mol. The molecule has 1 aliphatic carbocycles. The van der Waals surface area contributed by atoms with Crippen LogP contribution in [0.15, 0.2) is 42.5 Å². The number of esters is 2. The molecular formula is C22H25NO8. The van der Waals surface area contributed by atoms with Gasteiger partial charge in [-0.05, 0) is 31.6 Å². The molecule has 0 aliphatic heterocycles. The average Bonchev–Trinajstić information content (AvgIpc) is 2.78. The molecule has 0 saturated carbocycles. The fourth-order valence-corrected chi connectivity index (χ4v) is 3.43. The molecule has 0 amide bonds. The molecule has 0 atom stereocenters. The zero-order chi connectivity index (χ0) is 23.2. The minimum absolute atomic E-state index is 0.118. The van der Waals surface area contributed by atoms with E-state index in [1.165, 1.54) is 40.2 Å². The van der Waals surface area contributed by atoms with E-state index >= 15 is 0 Å². The van der Waals surface area contributed by atoms with Crippen molar-refractivity contribution < 1.29 is 38.1 Å². The number of ketones is 2. The van der Waals surface area contributed by atoms with Crippen LogP contribution in [-0.4, -0.2) is 56.7 Å². The number of benzene rings is 1. The maximum absolute atomic E-state index is 13.2. The van der Waals surface area contributed by atoms with Gasteiger partial charge in [0.1, 0.15) is 0 Å². The van der Waals surface area contributed by atoms with Crippen LogP contribution in [0, 0.1) is 5.41 Å². The van der Waals surface area contributed by atoms with E-state index in [2.05, 4.69) is 0 Å². The molecule has 0 spiro atoms. The molecule has 9 heteroatoms. The van der Waals surface area contributed by atoms with Crippen molar-refractivity contribution in [2.24, 2.45) is 5.41 Å². The zero-order valence-electron chi connectivity index (χ0n) is 17.8. The molecule has 1 aromatic carbocycles. The maximum atomic E-state index is 13.2. The summed E-state index contributed by atoms with van der Waals surface area (Å²) < 4.78 is 20.6. The molecule has 1 aliphatic rings. The highest BCUT2D eigenvalue weighted by atomic mass is 16.7. The molecule has 0 aromatic heterocycles. The number of allylic oxidation sites excluding steroid dienone is 2. The van der Waals surface area contributed by atoms with Crippen molar-refractivity contribution in [1.29, 1.82) is 0 Å². The Morgan fingerprint density at radius 2 is 1.42 bits per heavy atom. The zero-order valence-corrected chi connectivity index (χ0v) is 17.8. The largest absolute Gasteiger partial charge is 0.460 e. The molecule has 0 heterocycles. The van der Waals surface area contributed by atoms with Crippen molar-refractivity contribution in [2.75, 3.05) is 33.2 Å². The van der Waals surface area contributed by atoms with E-state index in [-0.39, 0.29) is 13.2 Å². The Balaban J connectivity index is 2.77. The van der Waals surface area contributed by atoms with Crippen molar-refractivity contribution in [3.63, 3.8) is 0 Å². The summed E-state index contributed by atoms with van der Waals surface area (Å²) in [6.07, 6.45) is 3.82. The lowest BCUT2D eigenvalue weighted by molar-refractivity contribution is -0.226. The van der Waals surface area contributed by atoms with Gasteiger partial charge in [0.15, 0.2) is 5.41 Å². The fourth-order valence-electron chi connectivity index (χ4n) is 3.43. The maximum Gasteiger partial charge on any atom is 0.376 e. The molecule has 9 nitrogen and oxygen atoms in total. The van der Waals surface area contributed by atoms with Crippen LogP contribution in [0.4, 0.5) is 5.69 Å². The van der Waals surface area contributed by atoms with Gasteiger partial charge < -0.3 is 24.7 Å². The van der Waals surface area contributed by atoms with Crippen molar-refractivity contribution in [3.8, 4) is 0 Å². The lowest BCUT2D eigenvalue weighted by atomic mass is 9.67. The summed E-state index contributed by atoms with van der Waals surface area (Å²) in [7, 11) is 2.35. The second kappa shape index (κ2) is 9.67. The van der Waals surface area contributed by atoms with E-state index in [1.807, 2.05) is 0 Å². The second-order valence-electron chi connectivity index (χ2n) is 6.50. The third kappa shape index (κ3) is 4.01. The fraction of sp³-hybridized carbons (Fsp3) is 0.364. The van der Waals surface area contributed by atoms with Crippen molar-refractivity contribution in [1.82, 2.24) is 0 Å². The minimum atomic E-state index is -2.51. The van der Waals surface area contributed by atoms with E-state index < -0.39 is 34.7 Å². The number of carbonyl (C=O) groups is 4. The number of ether oxygens (including phenoxy) is 4. The summed E-state index contributed by atoms with van der Waals surface area (Å²) in [6.45, 7) is 2.76. The van der Waals surface area contributed by atoms with Crippen LogP contribution in [0.2, 0.25) is 0 Å². The van der Waals surface area contributed by atoms with E-state index in [9.17, 15) is 19.2 Å². The molecule has 0 radical (unpaired) electrons. The van der Waals surface area contributed by atoms with Gasteiger partial charge in [0, 0.05) is 25.5 Å². The molecule has 0 fully saturated rings. The second-order valence-corrected chi connectivity index (χ2v) is 6.50. The van der Waals surface area contributed by atoms with Gasteiger partial charge in [-0.15, -0.1) is 0 Å². The lowest BCUT2D eigenvalue weighted by Crippen LogP contribution is -2.62. The first-order chi connectivity index (χ1) is 14.7. The number of anilines is 1. The Morgan fingerprint density at radius 3 is 1.87 bits per heavy atom. The van der Waals surface area contributed by atoms with E-state index in [0.29, 0.717) is 16.8 Å². The van der Waals surface area contributed by atoms with Crippen LogP contribution in [-0.2, 0) is 38.1 Å². The van der Waals surface area contributed by atoms with E-state index in [1.54, 1.807) is 24.3 Å². The van der Waals surface area contributed by atoms with Crippen LogP contribution in [0.5, 0.6) is 0 Å². The summed E-state index contributed by atoms with van der Waals surface area (Å²) in [4.78, 5) is 51.3. The highest BCUT2D eigenvalue weighted by molar-refractivity contribution is 6.50. The Bertz CT molecular complexity index is 913. The normalized spacial score (nSPS) is 16.2. The summed E-state index contributed by atoms with van der Waals surface area (Å²) in [5.41, 5.74) is 4.97. The third-order valence-corrected chi connectivity index (χ3v) is 4.92. The minimum Gasteiger partial charge on any atom is -0.460 e. The molecule has 166 valence electrons. The quantitative estimate of drug-likeness (QED) is 0.203. The first-order valence-electron chi connectivity index (χ1n) is 9.55. The van der Waals surface area contributed by atoms with Gasteiger partial charge in [-0.1, -0.05) is 30.4 Å². The van der Waals surface area contributed by atoms with Gasteiger partial charge >= 0.3 is 11.9 Å². The topological polar surface area (TPSA) is 131 Å². The van der Waals surface area contributed by atoms with Crippen molar-refractivity contribution in [3.05, 3.63) is 48.1 Å². The number of carbonyl (C=O) groups excluding carboxylic acids is 4. The van der Waals surface area contributed by atoms with Gasteiger partial charge in [-0.2, -0.15) is 0 Å². The standard InChI is InChI=1S/C22H25NO8/c1-5-30-19(26)17(24)21(18(25)20(27)31-6-2)12-11-14(13-22(21,28-3)29-4)15-9-7-8-10-16(15)23/h7-13H,5-6,23H2,1-4H3. The number of rotatable bonds is 9. The van der Waals surface area contributed by atoms with Crippen LogP contribution in [0.3, 0.4) is 0 Å². The smallest absolute Gasteiger partial charge is 0.376 e. The number of Topliss-reactive ketones (excluding diaryl/α,β-unsaturated/α-hetero) is 2. The molecule has 2 rings (SSSR count). The van der Waals surface area contributed by atoms with Crippen LogP contribution in [0.25, 0.3) is 5.57 Å². The molecule has 0 unspecified atom stereocenters. The summed E-state index contributed by atoms with van der Waals surface area (Å²) >= 11 is 0. The van der Waals surface area contributed by atoms with Gasteiger partial charge in [-0.3, -0.25) is 9.59 Å². The number of hydrogen-bond acceptors (Lipinski definition) is 9. The summed E-state index contributed by atoms with van der Waals surface area (Å²) in [5, 5.41) is 0. The Labute approximate surface area is 179 Å². The Morgan fingerprint density at radius 1 is 0.903 bits per heavy atom. The number of methoxy groups -OCH3 is 2. The monoisotopic (exact) mass is 431 g/mol. The van der Waals surface area contributed by atoms with E-state index in [4.69, 9.17) is 24.7 Å². The predicted molar refractivity (Wildman–Crippen MR) is 110 cm³/mol. The van der Waals surface area contributed by atoms with Crippen molar-refractivity contribution in [2.45, 2.75) is 19.6 Å². The van der Waals surface area contributed by atoms with Gasteiger partial charge in [0.25, 0.3) is 11.6 Å². The number of nitrogens with two attached hydrogens (primary N) is 1. The third-order valence-electron chi connectivity index (χ3n) is 4.92. The first kappa shape index (κ1) is 24.0. The van der Waals surface area contributed by atoms with Crippen LogP contribution < -0.4 is 5.73 Å². The highest BCUT2D eigenvalue weighted by Crippen LogP contribution is 2.46. The summed E-state index contributed by atoms with van der Waals surface area (Å²) in [6, 6.07) is 6.87. The number of hydrogen-bond donors (Lipinski definition) is 1. The van der Waals surface area contributed by atoms with Crippen molar-refractivity contribution >= 4 is 34.8 Å². The van der Waals surface area contributed by atoms with Crippen LogP contribution >= 0.6 is 0 Å². The van der Waals surface area contributed by atoms with Gasteiger partial charge in [0.2, 0.25) is 5.79 Å². The highest BCUT2D eigenvalue weighted by Gasteiger charge is 2.66. The number of para-hydroxylation sites is 1. The SMILES string of the molecule is CCOC(=O)C(=O)C1(C(=O)C(=O)OCC)C=CC(c2ccccc2N)=CC1(OC)OC. The molecule has 0 bridgehead atoms. The van der Waals surface area contributed by atoms with Gasteiger partial charge in [0.05, 0.1) is 13.2 Å². The molecule has 2 N–H and O–H groups in total. The molecule has 31 heavy (non-hydrogen) atoms. The summed E-state index contributed by atoms with van der Waals surface area (Å²) in [5.74, 6) is -7.46. The average molecular weight is 431 g/mol. The first-order valence-corrected chi connectivity index (χ1v) is 9.55. The Kier molecular flexibility index (Phi) is 7.48. The van der Waals surface area contributed by atoms with Gasteiger partial charge in [-0.25, -0.2) is 9.59 Å². The Hall–Kier alpha value is -3.30. The van der Waals surface area contributed by atoms with Crippen LogP contribution in [0.1, 0.15) is 19.4 Å². The van der Waals surface area contributed by atoms with E-state index in [0.717, 1.165) is 6.08 Å². The molecule has 0 saturated heterocycles. The predicted octanol–water partition coefficient (Wildman–Crippen LogP) is 1.46.